The summed E-state index contributed by atoms with van der Waals surface area (Å²) >= 11 is 3.39. The number of benzene rings is 1. The second-order valence-corrected chi connectivity index (χ2v) is 7.87. The monoisotopic (exact) mass is 457 g/mol. The molecule has 2 atom stereocenters. The number of halogens is 1. The highest BCUT2D eigenvalue weighted by atomic mass is 79.9. The molecule has 7 nitrogen and oxygen atoms in total. The molecule has 0 saturated carbocycles. The topological polar surface area (TPSA) is 84.7 Å². The fourth-order valence-electron chi connectivity index (χ4n) is 3.30. The molecule has 1 aromatic carbocycles. The number of ether oxygens (including phenoxy) is 2. The Balaban J connectivity index is 1.50. The van der Waals surface area contributed by atoms with Crippen LogP contribution in [-0.2, 0) is 11.3 Å². The summed E-state index contributed by atoms with van der Waals surface area (Å²) in [5.41, 5.74) is 0.241. The lowest BCUT2D eigenvalue weighted by atomic mass is 10.2. The predicted octanol–water partition coefficient (Wildman–Crippen LogP) is 4.76. The summed E-state index contributed by atoms with van der Waals surface area (Å²) in [5.74, 6) is 2.56. The van der Waals surface area contributed by atoms with Crippen LogP contribution in [0.3, 0.4) is 0 Å². The van der Waals surface area contributed by atoms with Gasteiger partial charge in [-0.2, -0.15) is 10.2 Å². The van der Waals surface area contributed by atoms with Gasteiger partial charge in [-0.15, -0.1) is 0 Å². The summed E-state index contributed by atoms with van der Waals surface area (Å²) in [4.78, 5) is 6.31. The zero-order valence-electron chi connectivity index (χ0n) is 16.1. The lowest BCUT2D eigenvalue weighted by Gasteiger charge is -2.34. The third-order valence-corrected chi connectivity index (χ3v) is 5.02. The van der Waals surface area contributed by atoms with Gasteiger partial charge in [0.25, 0.3) is 5.89 Å². The fourth-order valence-corrected chi connectivity index (χ4v) is 3.57. The molecular formula is C21H20BrN3O4. The van der Waals surface area contributed by atoms with Gasteiger partial charge >= 0.3 is 0 Å². The van der Waals surface area contributed by atoms with Crippen molar-refractivity contribution >= 4 is 21.8 Å². The first-order chi connectivity index (χ1) is 14.0. The Bertz CT molecular complexity index is 1010. The quantitative estimate of drug-likeness (QED) is 0.545. The highest BCUT2D eigenvalue weighted by Crippen LogP contribution is 2.31. The number of aromatic nitrogens is 1. The summed E-state index contributed by atoms with van der Waals surface area (Å²) in [7, 11) is 0. The Morgan fingerprint density at radius 2 is 1.86 bits per heavy atom. The molecule has 0 amide bonds. The van der Waals surface area contributed by atoms with Crippen molar-refractivity contribution in [2.45, 2.75) is 32.7 Å². The molecule has 2 unspecified atom stereocenters. The maximum absolute atomic E-state index is 9.49. The van der Waals surface area contributed by atoms with E-state index >= 15 is 0 Å². The number of oxazole rings is 1. The smallest absolute Gasteiger partial charge is 0.266 e. The highest BCUT2D eigenvalue weighted by molar-refractivity contribution is 9.10. The lowest BCUT2D eigenvalue weighted by molar-refractivity contribution is -0.00639. The minimum Gasteiger partial charge on any atom is -0.486 e. The predicted molar refractivity (Wildman–Crippen MR) is 110 cm³/mol. The number of anilines is 1. The van der Waals surface area contributed by atoms with Crippen molar-refractivity contribution in [2.75, 3.05) is 18.0 Å². The van der Waals surface area contributed by atoms with Crippen LogP contribution in [-0.4, -0.2) is 30.3 Å². The minimum atomic E-state index is 0.0461. The van der Waals surface area contributed by atoms with Crippen molar-refractivity contribution in [1.82, 2.24) is 4.98 Å². The van der Waals surface area contributed by atoms with E-state index < -0.39 is 0 Å². The number of morpholine rings is 1. The first-order valence-corrected chi connectivity index (χ1v) is 10.1. The van der Waals surface area contributed by atoms with Crippen LogP contribution in [0.2, 0.25) is 0 Å². The average molecular weight is 458 g/mol. The SMILES string of the molecule is CC1CN(c2oc(-c3ccc(COc4ccc(Br)cc4)o3)nc2C#N)CC(C)O1. The molecule has 4 rings (SSSR count). The van der Waals surface area contributed by atoms with Crippen molar-refractivity contribution in [2.24, 2.45) is 0 Å². The lowest BCUT2D eigenvalue weighted by Crippen LogP contribution is -2.45. The van der Waals surface area contributed by atoms with E-state index in [1.54, 1.807) is 6.07 Å². The summed E-state index contributed by atoms with van der Waals surface area (Å²) < 4.78 is 24.2. The van der Waals surface area contributed by atoms with Gasteiger partial charge in [-0.05, 0) is 50.2 Å². The van der Waals surface area contributed by atoms with Crippen LogP contribution in [0, 0.1) is 11.3 Å². The summed E-state index contributed by atoms with van der Waals surface area (Å²) in [6.45, 7) is 5.54. The average Bonchev–Trinajstić information content (AvgIpc) is 3.33. The fraction of sp³-hybridized carbons (Fsp3) is 0.333. The van der Waals surface area contributed by atoms with E-state index in [9.17, 15) is 5.26 Å². The Labute approximate surface area is 177 Å². The molecule has 0 radical (unpaired) electrons. The van der Waals surface area contributed by atoms with E-state index in [4.69, 9.17) is 18.3 Å². The maximum Gasteiger partial charge on any atom is 0.266 e. The third kappa shape index (κ3) is 4.47. The first kappa shape index (κ1) is 19.6. The number of rotatable bonds is 5. The van der Waals surface area contributed by atoms with Crippen LogP contribution in [0.4, 0.5) is 5.88 Å². The highest BCUT2D eigenvalue weighted by Gasteiger charge is 2.28. The molecule has 0 N–H and O–H groups in total. The van der Waals surface area contributed by atoms with Gasteiger partial charge in [0.05, 0.1) is 12.2 Å². The molecule has 2 aromatic heterocycles. The van der Waals surface area contributed by atoms with E-state index in [1.807, 2.05) is 49.1 Å². The van der Waals surface area contributed by atoms with E-state index in [0.29, 0.717) is 30.5 Å². The second kappa shape index (κ2) is 8.31. The van der Waals surface area contributed by atoms with Crippen LogP contribution >= 0.6 is 15.9 Å². The molecule has 1 fully saturated rings. The summed E-state index contributed by atoms with van der Waals surface area (Å²) in [6, 6.07) is 13.3. The van der Waals surface area contributed by atoms with Crippen molar-refractivity contribution in [1.29, 1.82) is 5.26 Å². The van der Waals surface area contributed by atoms with Gasteiger partial charge in [0.15, 0.2) is 5.76 Å². The molecule has 0 aliphatic carbocycles. The first-order valence-electron chi connectivity index (χ1n) is 9.30. The Morgan fingerprint density at radius 1 is 1.14 bits per heavy atom. The molecule has 8 heteroatoms. The molecule has 3 heterocycles. The van der Waals surface area contributed by atoms with Crippen molar-refractivity contribution in [3.05, 3.63) is 52.3 Å². The van der Waals surface area contributed by atoms with Gasteiger partial charge in [-0.3, -0.25) is 0 Å². The number of hydrogen-bond donors (Lipinski definition) is 0. The van der Waals surface area contributed by atoms with Crippen molar-refractivity contribution in [3.63, 3.8) is 0 Å². The maximum atomic E-state index is 9.49. The standard InChI is InChI=1S/C21H20BrN3O4/c1-13-10-25(11-14(2)27-13)21-18(9-23)24-20(29-21)19-8-7-17(28-19)12-26-16-5-3-15(22)4-6-16/h3-8,13-14H,10-12H2,1-2H3. The van der Waals surface area contributed by atoms with Crippen LogP contribution in [0.1, 0.15) is 25.3 Å². The van der Waals surface area contributed by atoms with Gasteiger partial charge in [-0.25, -0.2) is 0 Å². The molecule has 1 aliphatic heterocycles. The Hall–Kier alpha value is -2.76. The number of nitrogens with zero attached hydrogens (tertiary/aromatic N) is 3. The van der Waals surface area contributed by atoms with E-state index in [1.165, 1.54) is 0 Å². The van der Waals surface area contributed by atoms with Crippen LogP contribution in [0.15, 0.2) is 49.7 Å². The van der Waals surface area contributed by atoms with Crippen LogP contribution in [0.5, 0.6) is 5.75 Å². The largest absolute Gasteiger partial charge is 0.486 e. The summed E-state index contributed by atoms with van der Waals surface area (Å²) in [6.07, 6.45) is 0.0923. The molecule has 3 aromatic rings. The third-order valence-electron chi connectivity index (χ3n) is 4.49. The molecule has 0 bridgehead atoms. The molecule has 1 saturated heterocycles. The Kier molecular flexibility index (Phi) is 5.60. The van der Waals surface area contributed by atoms with Crippen LogP contribution < -0.4 is 9.64 Å². The van der Waals surface area contributed by atoms with Gasteiger partial charge < -0.3 is 23.2 Å². The van der Waals surface area contributed by atoms with Gasteiger partial charge in [0.2, 0.25) is 11.6 Å². The van der Waals surface area contributed by atoms with Gasteiger partial charge in [0.1, 0.15) is 24.2 Å². The second-order valence-electron chi connectivity index (χ2n) is 6.96. The number of hydrogen-bond acceptors (Lipinski definition) is 7. The van der Waals surface area contributed by atoms with Crippen LogP contribution in [0.25, 0.3) is 11.7 Å². The number of nitriles is 1. The molecule has 1 aliphatic rings. The Morgan fingerprint density at radius 3 is 2.55 bits per heavy atom. The molecule has 150 valence electrons. The molecule has 0 spiro atoms. The summed E-state index contributed by atoms with van der Waals surface area (Å²) in [5, 5.41) is 9.49. The minimum absolute atomic E-state index is 0.0461. The zero-order chi connectivity index (χ0) is 20.4. The van der Waals surface area contributed by atoms with E-state index in [-0.39, 0.29) is 30.4 Å². The van der Waals surface area contributed by atoms with Gasteiger partial charge in [0, 0.05) is 17.6 Å². The van der Waals surface area contributed by atoms with E-state index in [2.05, 4.69) is 27.0 Å². The molecule has 29 heavy (non-hydrogen) atoms. The molecular weight excluding hydrogens is 438 g/mol. The van der Waals surface area contributed by atoms with Gasteiger partial charge in [-0.1, -0.05) is 15.9 Å². The van der Waals surface area contributed by atoms with Crippen molar-refractivity contribution in [3.8, 4) is 23.5 Å². The normalized spacial score (nSPS) is 19.2. The van der Waals surface area contributed by atoms with Crippen molar-refractivity contribution < 1.29 is 18.3 Å². The number of furan rings is 1. The van der Waals surface area contributed by atoms with E-state index in [0.717, 1.165) is 10.2 Å². The zero-order valence-corrected chi connectivity index (χ0v) is 17.7.